The third-order valence-electron chi connectivity index (χ3n) is 5.94. The number of sulfonamides is 1. The van der Waals surface area contributed by atoms with Crippen molar-refractivity contribution in [2.24, 2.45) is 4.99 Å². The van der Waals surface area contributed by atoms with Gasteiger partial charge in [-0.15, -0.1) is 0 Å². The van der Waals surface area contributed by atoms with Crippen LogP contribution in [0.4, 0.5) is 0 Å². The van der Waals surface area contributed by atoms with E-state index in [4.69, 9.17) is 21.3 Å². The maximum atomic E-state index is 13.5. The van der Waals surface area contributed by atoms with Crippen LogP contribution in [0.25, 0.3) is 0 Å². The van der Waals surface area contributed by atoms with Crippen molar-refractivity contribution in [2.45, 2.75) is 23.9 Å². The SMILES string of the molecule is COC(=O)[C@@H](N=C(c1ccccc1)c1ccccc1)[C@@H](NS(=O)(=O)c1ccc(C)cc1)c1cccc(Cl)c1. The zero-order chi connectivity index (χ0) is 27.1. The van der Waals surface area contributed by atoms with Crippen LogP contribution in [0.1, 0.15) is 28.3 Å². The Labute approximate surface area is 228 Å². The van der Waals surface area contributed by atoms with Gasteiger partial charge in [-0.3, -0.25) is 4.99 Å². The van der Waals surface area contributed by atoms with Gasteiger partial charge in [-0.05, 0) is 36.8 Å². The molecule has 1 N–H and O–H groups in total. The lowest BCUT2D eigenvalue weighted by molar-refractivity contribution is -0.142. The molecule has 0 saturated heterocycles. The van der Waals surface area contributed by atoms with Gasteiger partial charge in [0.25, 0.3) is 0 Å². The summed E-state index contributed by atoms with van der Waals surface area (Å²) in [6, 6.07) is 29.5. The molecule has 4 aromatic carbocycles. The highest BCUT2D eigenvalue weighted by Gasteiger charge is 2.35. The predicted molar refractivity (Wildman–Crippen MR) is 150 cm³/mol. The summed E-state index contributed by atoms with van der Waals surface area (Å²) >= 11 is 6.28. The monoisotopic (exact) mass is 546 g/mol. The molecule has 0 unspecified atom stereocenters. The number of methoxy groups -OCH3 is 1. The molecule has 0 saturated carbocycles. The maximum absolute atomic E-state index is 13.5. The molecule has 8 heteroatoms. The molecular weight excluding hydrogens is 520 g/mol. The number of hydrogen-bond donors (Lipinski definition) is 1. The zero-order valence-electron chi connectivity index (χ0n) is 20.9. The highest BCUT2D eigenvalue weighted by atomic mass is 35.5. The number of carbonyl (C=O) groups excluding carboxylic acids is 1. The fraction of sp³-hybridized carbons (Fsp3) is 0.133. The molecule has 4 rings (SSSR count). The van der Waals surface area contributed by atoms with Crippen LogP contribution >= 0.6 is 11.6 Å². The van der Waals surface area contributed by atoms with Gasteiger partial charge < -0.3 is 4.74 Å². The van der Waals surface area contributed by atoms with Crippen molar-refractivity contribution < 1.29 is 17.9 Å². The molecule has 2 atom stereocenters. The highest BCUT2D eigenvalue weighted by molar-refractivity contribution is 7.89. The first-order chi connectivity index (χ1) is 18.3. The first-order valence-corrected chi connectivity index (χ1v) is 13.8. The minimum absolute atomic E-state index is 0.0639. The standard InChI is InChI=1S/C30H27ClN2O4S/c1-21-16-18-26(19-17-21)38(35,36)33-28(24-14-9-15-25(31)20-24)29(30(34)37-2)32-27(22-10-5-3-6-11-22)23-12-7-4-8-13-23/h3-20,28-29,33H,1-2H3/t28-,29-/m0/s1. The molecule has 0 aliphatic rings. The third-order valence-corrected chi connectivity index (χ3v) is 7.63. The molecular formula is C30H27ClN2O4S. The van der Waals surface area contributed by atoms with Crippen molar-refractivity contribution in [3.63, 3.8) is 0 Å². The number of nitrogens with zero attached hydrogens (tertiary/aromatic N) is 1. The molecule has 4 aromatic rings. The predicted octanol–water partition coefficient (Wildman–Crippen LogP) is 5.75. The second-order valence-corrected chi connectivity index (χ2v) is 10.8. The average Bonchev–Trinajstić information content (AvgIpc) is 2.93. The van der Waals surface area contributed by atoms with Gasteiger partial charge in [0.15, 0.2) is 6.04 Å². The number of aliphatic imine (C=N–C) groups is 1. The highest BCUT2D eigenvalue weighted by Crippen LogP contribution is 2.27. The van der Waals surface area contributed by atoms with Crippen LogP contribution in [0, 0.1) is 6.92 Å². The Hall–Kier alpha value is -3.78. The Kier molecular flexibility index (Phi) is 8.73. The van der Waals surface area contributed by atoms with Crippen LogP contribution in [0.3, 0.4) is 0 Å². The molecule has 6 nitrogen and oxygen atoms in total. The molecule has 0 bridgehead atoms. The van der Waals surface area contributed by atoms with Gasteiger partial charge in [0, 0.05) is 16.1 Å². The maximum Gasteiger partial charge on any atom is 0.332 e. The second-order valence-electron chi connectivity index (χ2n) is 8.64. The molecule has 38 heavy (non-hydrogen) atoms. The number of ether oxygens (including phenoxy) is 1. The largest absolute Gasteiger partial charge is 0.467 e. The number of benzene rings is 4. The summed E-state index contributed by atoms with van der Waals surface area (Å²) in [5.41, 5.74) is 3.43. The lowest BCUT2D eigenvalue weighted by Gasteiger charge is -2.25. The van der Waals surface area contributed by atoms with E-state index in [0.29, 0.717) is 16.3 Å². The fourth-order valence-corrected chi connectivity index (χ4v) is 5.43. The molecule has 0 heterocycles. The van der Waals surface area contributed by atoms with Crippen LogP contribution in [-0.4, -0.2) is 33.3 Å². The summed E-state index contributed by atoms with van der Waals surface area (Å²) in [5, 5.41) is 0.390. The minimum Gasteiger partial charge on any atom is -0.467 e. The Morgan fingerprint density at radius 2 is 1.42 bits per heavy atom. The van der Waals surface area contributed by atoms with Crippen LogP contribution in [0.15, 0.2) is 119 Å². The zero-order valence-corrected chi connectivity index (χ0v) is 22.5. The van der Waals surface area contributed by atoms with E-state index in [-0.39, 0.29) is 4.90 Å². The van der Waals surface area contributed by atoms with Gasteiger partial charge in [0.1, 0.15) is 0 Å². The van der Waals surface area contributed by atoms with Gasteiger partial charge >= 0.3 is 5.97 Å². The van der Waals surface area contributed by atoms with Crippen molar-refractivity contribution in [3.05, 3.63) is 136 Å². The Balaban J connectivity index is 1.90. The van der Waals surface area contributed by atoms with E-state index < -0.39 is 28.1 Å². The van der Waals surface area contributed by atoms with Gasteiger partial charge in [0.05, 0.1) is 23.8 Å². The molecule has 0 aromatic heterocycles. The van der Waals surface area contributed by atoms with Crippen LogP contribution in [0.2, 0.25) is 5.02 Å². The lowest BCUT2D eigenvalue weighted by atomic mass is 9.98. The molecule has 0 aliphatic heterocycles. The summed E-state index contributed by atoms with van der Waals surface area (Å²) in [6.45, 7) is 1.87. The van der Waals surface area contributed by atoms with E-state index in [9.17, 15) is 13.2 Å². The summed E-state index contributed by atoms with van der Waals surface area (Å²) in [5.74, 6) is -0.703. The molecule has 0 radical (unpaired) electrons. The first kappa shape index (κ1) is 27.3. The summed E-state index contributed by atoms with van der Waals surface area (Å²) < 4.78 is 34.9. The summed E-state index contributed by atoms with van der Waals surface area (Å²) in [6.07, 6.45) is 0. The third kappa shape index (κ3) is 6.55. The quantitative estimate of drug-likeness (QED) is 0.214. The fourth-order valence-electron chi connectivity index (χ4n) is 4.00. The number of aryl methyl sites for hydroxylation is 1. The van der Waals surface area contributed by atoms with Crippen LogP contribution in [0.5, 0.6) is 0 Å². The Bertz CT molecular complexity index is 1480. The van der Waals surface area contributed by atoms with Crippen LogP contribution < -0.4 is 4.72 Å². The molecule has 0 fully saturated rings. The van der Waals surface area contributed by atoms with Gasteiger partial charge in [0.2, 0.25) is 10.0 Å². The summed E-state index contributed by atoms with van der Waals surface area (Å²) in [4.78, 5) is 18.2. The van der Waals surface area contributed by atoms with Crippen molar-refractivity contribution in [1.29, 1.82) is 0 Å². The Morgan fingerprint density at radius 3 is 1.95 bits per heavy atom. The molecule has 0 spiro atoms. The average molecular weight is 547 g/mol. The van der Waals surface area contributed by atoms with Gasteiger partial charge in [-0.25, -0.2) is 17.9 Å². The number of carbonyl (C=O) groups is 1. The van der Waals surface area contributed by atoms with E-state index in [0.717, 1.165) is 16.7 Å². The van der Waals surface area contributed by atoms with E-state index in [1.165, 1.54) is 19.2 Å². The van der Waals surface area contributed by atoms with E-state index in [2.05, 4.69) is 4.72 Å². The number of hydrogen-bond acceptors (Lipinski definition) is 5. The lowest BCUT2D eigenvalue weighted by Crippen LogP contribution is -2.40. The van der Waals surface area contributed by atoms with Crippen molar-refractivity contribution >= 4 is 33.3 Å². The van der Waals surface area contributed by atoms with Gasteiger partial charge in [-0.1, -0.05) is 102 Å². The first-order valence-electron chi connectivity index (χ1n) is 11.9. The number of halogens is 1. The van der Waals surface area contributed by atoms with E-state index in [1.807, 2.05) is 67.6 Å². The Morgan fingerprint density at radius 1 is 0.842 bits per heavy atom. The second kappa shape index (κ2) is 12.2. The summed E-state index contributed by atoms with van der Waals surface area (Å²) in [7, 11) is -2.81. The smallest absolute Gasteiger partial charge is 0.332 e. The normalized spacial score (nSPS) is 12.8. The molecule has 0 amide bonds. The number of nitrogens with one attached hydrogen (secondary N) is 1. The molecule has 194 valence electrons. The van der Waals surface area contributed by atoms with Crippen molar-refractivity contribution in [1.82, 2.24) is 4.72 Å². The van der Waals surface area contributed by atoms with E-state index in [1.54, 1.807) is 36.4 Å². The minimum atomic E-state index is -4.06. The molecule has 0 aliphatic carbocycles. The van der Waals surface area contributed by atoms with Gasteiger partial charge in [-0.2, -0.15) is 0 Å². The van der Waals surface area contributed by atoms with Crippen LogP contribution in [-0.2, 0) is 19.6 Å². The number of esters is 1. The topological polar surface area (TPSA) is 84.8 Å². The van der Waals surface area contributed by atoms with Crippen molar-refractivity contribution in [2.75, 3.05) is 7.11 Å². The number of rotatable bonds is 9. The van der Waals surface area contributed by atoms with Crippen molar-refractivity contribution in [3.8, 4) is 0 Å². The van der Waals surface area contributed by atoms with E-state index >= 15 is 0 Å².